The molecule has 6 heteroatoms. The fourth-order valence-electron chi connectivity index (χ4n) is 2.32. The van der Waals surface area contributed by atoms with Gasteiger partial charge in [0, 0.05) is 22.2 Å². The zero-order chi connectivity index (χ0) is 15.9. The normalized spacial score (nSPS) is 11.1. The Morgan fingerprint density at radius 2 is 1.91 bits per heavy atom. The monoisotopic (exact) mass is 334 g/mol. The van der Waals surface area contributed by atoms with Crippen LogP contribution >= 0.6 is 22.9 Å². The Balaban J connectivity index is 1.87. The molecule has 2 aromatic heterocycles. The molecule has 0 unspecified atom stereocenters. The molecule has 0 saturated heterocycles. The fourth-order valence-corrected chi connectivity index (χ4v) is 3.32. The zero-order valence-corrected chi connectivity index (χ0v) is 14.1. The van der Waals surface area contributed by atoms with Crippen molar-refractivity contribution in [3.8, 4) is 5.75 Å². The lowest BCUT2D eigenvalue weighted by Gasteiger charge is -2.09. The van der Waals surface area contributed by atoms with Gasteiger partial charge in [-0.1, -0.05) is 11.6 Å². The van der Waals surface area contributed by atoms with Crippen molar-refractivity contribution in [2.24, 2.45) is 0 Å². The van der Waals surface area contributed by atoms with E-state index in [1.807, 2.05) is 38.3 Å². The van der Waals surface area contributed by atoms with Crippen LogP contribution in [0.2, 0.25) is 5.02 Å². The number of ether oxygens (including phenoxy) is 1. The van der Waals surface area contributed by atoms with Gasteiger partial charge in [0.05, 0.1) is 5.69 Å². The van der Waals surface area contributed by atoms with Crippen molar-refractivity contribution in [1.29, 1.82) is 0 Å². The van der Waals surface area contributed by atoms with E-state index in [0.29, 0.717) is 10.7 Å². The van der Waals surface area contributed by atoms with Gasteiger partial charge in [-0.3, -0.25) is 9.20 Å². The zero-order valence-electron chi connectivity index (χ0n) is 12.5. The maximum atomic E-state index is 12.1. The number of nitrogens with zero attached hydrogens (tertiary/aromatic N) is 2. The Morgan fingerprint density at radius 3 is 2.59 bits per heavy atom. The van der Waals surface area contributed by atoms with Gasteiger partial charge in [0.25, 0.3) is 5.56 Å². The summed E-state index contributed by atoms with van der Waals surface area (Å²) >= 11 is 7.59. The number of aromatic nitrogens is 2. The molecule has 0 aliphatic rings. The minimum absolute atomic E-state index is 0.0779. The van der Waals surface area contributed by atoms with E-state index in [2.05, 4.69) is 4.98 Å². The third-order valence-corrected chi connectivity index (χ3v) is 4.97. The molecule has 2 heterocycles. The smallest absolute Gasteiger partial charge is 0.259 e. The molecule has 114 valence electrons. The van der Waals surface area contributed by atoms with Gasteiger partial charge in [-0.15, -0.1) is 11.3 Å². The van der Waals surface area contributed by atoms with Crippen molar-refractivity contribution < 1.29 is 4.74 Å². The Hall–Kier alpha value is -1.85. The van der Waals surface area contributed by atoms with Gasteiger partial charge in [-0.05, 0) is 44.0 Å². The van der Waals surface area contributed by atoms with Crippen LogP contribution in [-0.4, -0.2) is 9.38 Å². The van der Waals surface area contributed by atoms with E-state index >= 15 is 0 Å². The molecule has 0 N–H and O–H groups in total. The predicted octanol–water partition coefficient (Wildman–Crippen LogP) is 3.91. The molecule has 3 aromatic rings. The number of thiazole rings is 1. The molecule has 0 atom stereocenters. The molecule has 0 bridgehead atoms. The average molecular weight is 335 g/mol. The highest BCUT2D eigenvalue weighted by molar-refractivity contribution is 7.15. The SMILES string of the molecule is Cc1cc(OCc2cc(=O)n3c(C)csc3n2)cc(C)c1Cl. The second-order valence-corrected chi connectivity index (χ2v) is 6.46. The topological polar surface area (TPSA) is 43.6 Å². The summed E-state index contributed by atoms with van der Waals surface area (Å²) in [6, 6.07) is 5.29. The van der Waals surface area contributed by atoms with E-state index in [-0.39, 0.29) is 12.2 Å². The van der Waals surface area contributed by atoms with Crippen LogP contribution in [0.15, 0.2) is 28.4 Å². The number of fused-ring (bicyclic) bond motifs is 1. The van der Waals surface area contributed by atoms with E-state index in [4.69, 9.17) is 16.3 Å². The lowest BCUT2D eigenvalue weighted by molar-refractivity contribution is 0.301. The van der Waals surface area contributed by atoms with Gasteiger partial charge in [0.2, 0.25) is 0 Å². The summed E-state index contributed by atoms with van der Waals surface area (Å²) in [6.07, 6.45) is 0. The molecule has 0 spiro atoms. The van der Waals surface area contributed by atoms with Gasteiger partial charge < -0.3 is 4.74 Å². The molecule has 1 aromatic carbocycles. The quantitative estimate of drug-likeness (QED) is 0.729. The molecule has 0 aliphatic heterocycles. The van der Waals surface area contributed by atoms with Crippen LogP contribution in [0.25, 0.3) is 4.96 Å². The van der Waals surface area contributed by atoms with Gasteiger partial charge in [0.15, 0.2) is 4.96 Å². The van der Waals surface area contributed by atoms with Crippen molar-refractivity contribution in [2.75, 3.05) is 0 Å². The van der Waals surface area contributed by atoms with E-state index in [1.54, 1.807) is 4.40 Å². The number of rotatable bonds is 3. The van der Waals surface area contributed by atoms with Crippen LogP contribution in [0, 0.1) is 20.8 Å². The molecule has 4 nitrogen and oxygen atoms in total. The first-order valence-corrected chi connectivity index (χ1v) is 8.08. The summed E-state index contributed by atoms with van der Waals surface area (Å²) in [4.78, 5) is 17.3. The molecule has 0 saturated carbocycles. The lowest BCUT2D eigenvalue weighted by atomic mass is 10.1. The van der Waals surface area contributed by atoms with Crippen LogP contribution in [0.5, 0.6) is 5.75 Å². The van der Waals surface area contributed by atoms with Crippen LogP contribution in [0.4, 0.5) is 0 Å². The number of hydrogen-bond acceptors (Lipinski definition) is 4. The number of hydrogen-bond donors (Lipinski definition) is 0. The lowest BCUT2D eigenvalue weighted by Crippen LogP contribution is -2.16. The maximum absolute atomic E-state index is 12.1. The first-order chi connectivity index (χ1) is 10.5. The Bertz CT molecular complexity index is 891. The van der Waals surface area contributed by atoms with E-state index < -0.39 is 0 Å². The largest absolute Gasteiger partial charge is 0.487 e. The molecule has 0 radical (unpaired) electrons. The minimum atomic E-state index is -0.0779. The fraction of sp³-hybridized carbons (Fsp3) is 0.250. The van der Waals surface area contributed by atoms with Gasteiger partial charge in [-0.25, -0.2) is 4.98 Å². The van der Waals surface area contributed by atoms with Crippen molar-refractivity contribution in [3.63, 3.8) is 0 Å². The first kappa shape index (κ1) is 15.1. The van der Waals surface area contributed by atoms with Gasteiger partial charge in [-0.2, -0.15) is 0 Å². The summed E-state index contributed by atoms with van der Waals surface area (Å²) in [5, 5.41) is 2.67. The van der Waals surface area contributed by atoms with Crippen molar-refractivity contribution in [2.45, 2.75) is 27.4 Å². The number of halogens is 1. The van der Waals surface area contributed by atoms with E-state index in [0.717, 1.165) is 27.6 Å². The summed E-state index contributed by atoms with van der Waals surface area (Å²) < 4.78 is 7.36. The second-order valence-electron chi connectivity index (χ2n) is 5.24. The van der Waals surface area contributed by atoms with Gasteiger partial charge in [0.1, 0.15) is 12.4 Å². The van der Waals surface area contributed by atoms with E-state index in [1.165, 1.54) is 17.4 Å². The molecule has 22 heavy (non-hydrogen) atoms. The van der Waals surface area contributed by atoms with Gasteiger partial charge >= 0.3 is 0 Å². The predicted molar refractivity (Wildman–Crippen MR) is 89.3 cm³/mol. The standard InChI is InChI=1S/C16H15ClN2O2S/c1-9-4-13(5-10(2)15(9)17)21-7-12-6-14(20)19-11(3)8-22-16(19)18-12/h4-6,8H,7H2,1-3H3. The third kappa shape index (κ3) is 2.74. The highest BCUT2D eigenvalue weighted by atomic mass is 35.5. The summed E-state index contributed by atoms with van der Waals surface area (Å²) in [5.41, 5.74) is 3.37. The summed E-state index contributed by atoms with van der Waals surface area (Å²) in [6.45, 7) is 6.02. The van der Waals surface area contributed by atoms with Crippen LogP contribution in [0.3, 0.4) is 0 Å². The highest BCUT2D eigenvalue weighted by Crippen LogP contribution is 2.26. The number of aryl methyl sites for hydroxylation is 3. The van der Waals surface area contributed by atoms with Crippen LogP contribution < -0.4 is 10.3 Å². The molecule has 0 aliphatic carbocycles. The molecule has 3 rings (SSSR count). The molecule has 0 amide bonds. The second kappa shape index (κ2) is 5.74. The molecule has 0 fully saturated rings. The highest BCUT2D eigenvalue weighted by Gasteiger charge is 2.08. The van der Waals surface area contributed by atoms with E-state index in [9.17, 15) is 4.79 Å². The third-order valence-electron chi connectivity index (χ3n) is 3.43. The molecular formula is C16H15ClN2O2S. The van der Waals surface area contributed by atoms with Crippen LogP contribution in [0.1, 0.15) is 22.5 Å². The Kier molecular flexibility index (Phi) is 3.93. The summed E-state index contributed by atoms with van der Waals surface area (Å²) in [5.74, 6) is 0.726. The average Bonchev–Trinajstić information content (AvgIpc) is 2.84. The first-order valence-electron chi connectivity index (χ1n) is 6.82. The van der Waals surface area contributed by atoms with Crippen molar-refractivity contribution >= 4 is 27.9 Å². The van der Waals surface area contributed by atoms with Crippen LogP contribution in [-0.2, 0) is 6.61 Å². The van der Waals surface area contributed by atoms with Crippen molar-refractivity contribution in [3.05, 3.63) is 61.5 Å². The minimum Gasteiger partial charge on any atom is -0.487 e. The molecular weight excluding hydrogens is 320 g/mol. The number of benzene rings is 1. The summed E-state index contributed by atoms with van der Waals surface area (Å²) in [7, 11) is 0. The maximum Gasteiger partial charge on any atom is 0.259 e. The van der Waals surface area contributed by atoms with Crippen molar-refractivity contribution in [1.82, 2.24) is 9.38 Å². The Labute approximate surface area is 137 Å². The Morgan fingerprint density at radius 1 is 1.23 bits per heavy atom.